The maximum atomic E-state index is 13.8. The topological polar surface area (TPSA) is 69.5 Å². The van der Waals surface area contributed by atoms with E-state index in [1.807, 2.05) is 13.0 Å². The highest BCUT2D eigenvalue weighted by molar-refractivity contribution is 6.43. The van der Waals surface area contributed by atoms with Gasteiger partial charge >= 0.3 is 5.97 Å². The van der Waals surface area contributed by atoms with Crippen molar-refractivity contribution in [2.45, 2.75) is 20.5 Å². The van der Waals surface area contributed by atoms with Crippen LogP contribution in [0, 0.1) is 18.6 Å². The summed E-state index contributed by atoms with van der Waals surface area (Å²) in [6, 6.07) is 8.33. The minimum absolute atomic E-state index is 0.00111. The maximum Gasteiger partial charge on any atom is 0.360 e. The fourth-order valence-electron chi connectivity index (χ4n) is 2.52. The number of methoxy groups -OCH3 is 1. The smallest absolute Gasteiger partial charge is 0.360 e. The molecule has 2 rings (SSSR count). The van der Waals surface area contributed by atoms with E-state index in [2.05, 4.69) is 10.3 Å². The molecule has 0 aliphatic heterocycles. The van der Waals surface area contributed by atoms with E-state index in [0.717, 1.165) is 23.8 Å². The predicted octanol–water partition coefficient (Wildman–Crippen LogP) is 3.74. The van der Waals surface area contributed by atoms with E-state index in [4.69, 9.17) is 14.4 Å². The van der Waals surface area contributed by atoms with E-state index >= 15 is 0 Å². The molecule has 8 heteroatoms. The number of ether oxygens (including phenoxy) is 1. The van der Waals surface area contributed by atoms with Gasteiger partial charge in [0.15, 0.2) is 5.71 Å². The number of hydrogen-bond donors (Lipinski definition) is 0. The van der Waals surface area contributed by atoms with E-state index in [0.29, 0.717) is 11.1 Å². The molecule has 0 saturated carbocycles. The Bertz CT molecular complexity index is 926. The van der Waals surface area contributed by atoms with Gasteiger partial charge in [-0.2, -0.15) is 0 Å². The average molecular weight is 390 g/mol. The van der Waals surface area contributed by atoms with E-state index in [-0.39, 0.29) is 23.6 Å². The first kappa shape index (κ1) is 21.0. The molecule has 28 heavy (non-hydrogen) atoms. The van der Waals surface area contributed by atoms with Crippen LogP contribution in [0.1, 0.15) is 29.2 Å². The summed E-state index contributed by atoms with van der Waals surface area (Å²) < 4.78 is 31.9. The van der Waals surface area contributed by atoms with Gasteiger partial charge in [0, 0.05) is 16.7 Å². The number of benzene rings is 2. The fourth-order valence-corrected chi connectivity index (χ4v) is 2.52. The zero-order valence-corrected chi connectivity index (χ0v) is 16.0. The number of esters is 1. The minimum atomic E-state index is -0.671. The summed E-state index contributed by atoms with van der Waals surface area (Å²) in [6.07, 6.45) is 0. The molecule has 0 amide bonds. The summed E-state index contributed by atoms with van der Waals surface area (Å²) in [6.45, 7) is 3.30. The van der Waals surface area contributed by atoms with Crippen LogP contribution in [0.3, 0.4) is 0 Å². The number of hydrogen-bond acceptors (Lipinski definition) is 6. The molecular weight excluding hydrogens is 370 g/mol. The lowest BCUT2D eigenvalue weighted by Gasteiger charge is -2.12. The highest BCUT2D eigenvalue weighted by Gasteiger charge is 2.20. The number of oxime groups is 2. The predicted molar refractivity (Wildman–Crippen MR) is 100 cm³/mol. The summed E-state index contributed by atoms with van der Waals surface area (Å²) in [7, 11) is 2.55. The van der Waals surface area contributed by atoms with Crippen molar-refractivity contribution in [3.8, 4) is 0 Å². The number of nitrogens with zero attached hydrogens (tertiary/aromatic N) is 2. The van der Waals surface area contributed by atoms with E-state index in [9.17, 15) is 13.6 Å². The summed E-state index contributed by atoms with van der Waals surface area (Å²) in [5, 5.41) is 7.61. The first-order valence-electron chi connectivity index (χ1n) is 8.29. The van der Waals surface area contributed by atoms with Gasteiger partial charge in [-0.1, -0.05) is 28.5 Å². The molecule has 0 saturated heterocycles. The molecular formula is C20H20F2N2O4. The number of halogens is 2. The molecule has 6 nitrogen and oxygen atoms in total. The van der Waals surface area contributed by atoms with Crippen molar-refractivity contribution in [2.75, 3.05) is 14.2 Å². The zero-order valence-electron chi connectivity index (χ0n) is 16.0. The molecule has 2 aromatic rings. The minimum Gasteiger partial charge on any atom is -0.464 e. The van der Waals surface area contributed by atoms with Crippen LogP contribution < -0.4 is 0 Å². The van der Waals surface area contributed by atoms with E-state index in [1.54, 1.807) is 12.1 Å². The Morgan fingerprint density at radius 3 is 2.50 bits per heavy atom. The fraction of sp³-hybridized carbons (Fsp3) is 0.250. The van der Waals surface area contributed by atoms with Crippen LogP contribution in [0.25, 0.3) is 0 Å². The number of carbonyl (C=O) groups is 1. The zero-order chi connectivity index (χ0) is 20.7. The van der Waals surface area contributed by atoms with Crippen molar-refractivity contribution in [1.29, 1.82) is 0 Å². The average Bonchev–Trinajstić information content (AvgIpc) is 2.68. The van der Waals surface area contributed by atoms with Gasteiger partial charge in [0.2, 0.25) is 0 Å². The maximum absolute atomic E-state index is 13.8. The molecule has 0 heterocycles. The highest BCUT2D eigenvalue weighted by Crippen LogP contribution is 2.18. The number of rotatable bonds is 7. The van der Waals surface area contributed by atoms with Gasteiger partial charge in [-0.05, 0) is 37.6 Å². The monoisotopic (exact) mass is 390 g/mol. The largest absolute Gasteiger partial charge is 0.464 e. The summed E-state index contributed by atoms with van der Waals surface area (Å²) in [4.78, 5) is 22.1. The molecule has 0 unspecified atom stereocenters. The van der Waals surface area contributed by atoms with Crippen LogP contribution in [0.15, 0.2) is 46.7 Å². The second-order valence-electron chi connectivity index (χ2n) is 5.79. The second kappa shape index (κ2) is 9.59. The molecule has 0 aliphatic rings. The SMILES string of the molecule is CO/N=C(/C(=O)OC)c1cccc(C)c1CO/N=C(\C)c1cc(F)ccc1F. The van der Waals surface area contributed by atoms with Gasteiger partial charge in [0.05, 0.1) is 12.8 Å². The lowest BCUT2D eigenvalue weighted by atomic mass is 9.99. The first-order chi connectivity index (χ1) is 13.4. The molecule has 2 aromatic carbocycles. The van der Waals surface area contributed by atoms with Crippen molar-refractivity contribution < 1.29 is 28.0 Å². The third-order valence-corrected chi connectivity index (χ3v) is 3.96. The van der Waals surface area contributed by atoms with Crippen LogP contribution in [0.5, 0.6) is 0 Å². The van der Waals surface area contributed by atoms with Crippen molar-refractivity contribution in [1.82, 2.24) is 0 Å². The molecule has 0 spiro atoms. The quantitative estimate of drug-likeness (QED) is 0.410. The molecule has 148 valence electrons. The molecule has 0 aromatic heterocycles. The van der Waals surface area contributed by atoms with Gasteiger partial charge in [0.1, 0.15) is 25.4 Å². The molecule has 0 N–H and O–H groups in total. The first-order valence-corrected chi connectivity index (χ1v) is 8.29. The van der Waals surface area contributed by atoms with Gasteiger partial charge in [-0.25, -0.2) is 13.6 Å². The molecule has 0 fully saturated rings. The van der Waals surface area contributed by atoms with Gasteiger partial charge in [-0.3, -0.25) is 0 Å². The van der Waals surface area contributed by atoms with Crippen LogP contribution in [-0.2, 0) is 25.8 Å². The Hall–Kier alpha value is -3.29. The van der Waals surface area contributed by atoms with Gasteiger partial charge in [-0.15, -0.1) is 0 Å². The van der Waals surface area contributed by atoms with E-state index < -0.39 is 17.6 Å². The molecule has 0 atom stereocenters. The Morgan fingerprint density at radius 2 is 1.82 bits per heavy atom. The Kier molecular flexibility index (Phi) is 7.20. The standard InChI is InChI=1S/C20H20F2N2O4/c1-12-6-5-7-15(19(24-27-4)20(25)26-3)17(12)11-28-23-13(2)16-10-14(21)8-9-18(16)22/h5-10H,11H2,1-4H3/b23-13+,24-19+. The van der Waals surface area contributed by atoms with E-state index in [1.165, 1.54) is 21.1 Å². The normalized spacial score (nSPS) is 11.9. The van der Waals surface area contributed by atoms with Gasteiger partial charge < -0.3 is 14.4 Å². The Morgan fingerprint density at radius 1 is 1.07 bits per heavy atom. The highest BCUT2D eigenvalue weighted by atomic mass is 19.1. The van der Waals surface area contributed by atoms with Crippen LogP contribution in [0.4, 0.5) is 8.78 Å². The Balaban J connectivity index is 2.31. The lowest BCUT2D eigenvalue weighted by Crippen LogP contribution is -2.20. The Labute approximate surface area is 161 Å². The van der Waals surface area contributed by atoms with Gasteiger partial charge in [0.25, 0.3) is 0 Å². The van der Waals surface area contributed by atoms with Crippen molar-refractivity contribution in [3.05, 3.63) is 70.3 Å². The summed E-state index contributed by atoms with van der Waals surface area (Å²) in [5.41, 5.74) is 2.05. The van der Waals surface area contributed by atoms with Crippen LogP contribution in [0.2, 0.25) is 0 Å². The molecule has 0 aliphatic carbocycles. The lowest BCUT2D eigenvalue weighted by molar-refractivity contribution is -0.132. The van der Waals surface area contributed by atoms with Crippen LogP contribution >= 0.6 is 0 Å². The van der Waals surface area contributed by atoms with Crippen molar-refractivity contribution in [2.24, 2.45) is 10.3 Å². The third kappa shape index (κ3) is 4.91. The van der Waals surface area contributed by atoms with Crippen LogP contribution in [-0.4, -0.2) is 31.6 Å². The summed E-state index contributed by atoms with van der Waals surface area (Å²) >= 11 is 0. The molecule has 0 radical (unpaired) electrons. The number of carbonyl (C=O) groups excluding carboxylic acids is 1. The van der Waals surface area contributed by atoms with Crippen molar-refractivity contribution >= 4 is 17.4 Å². The second-order valence-corrected chi connectivity index (χ2v) is 5.79. The summed E-state index contributed by atoms with van der Waals surface area (Å²) in [5.74, 6) is -1.86. The number of aryl methyl sites for hydroxylation is 1. The third-order valence-electron chi connectivity index (χ3n) is 3.96. The molecule has 0 bridgehead atoms. The van der Waals surface area contributed by atoms with Crippen molar-refractivity contribution in [3.63, 3.8) is 0 Å².